The molecule has 1 heterocycles. The number of hydrogen-bond donors (Lipinski definition) is 1. The third kappa shape index (κ3) is 3.99. The number of aromatic nitrogens is 2. The lowest BCUT2D eigenvalue weighted by Gasteiger charge is -2.18. The van der Waals surface area contributed by atoms with Gasteiger partial charge < -0.3 is 14.6 Å². The van der Waals surface area contributed by atoms with Crippen molar-refractivity contribution in [2.24, 2.45) is 0 Å². The lowest BCUT2D eigenvalue weighted by atomic mass is 10.0. The van der Waals surface area contributed by atoms with Crippen molar-refractivity contribution in [1.29, 1.82) is 0 Å². The number of rotatable bonds is 6. The number of aliphatic hydroxyl groups excluding tert-OH is 1. The van der Waals surface area contributed by atoms with Crippen molar-refractivity contribution in [3.63, 3.8) is 0 Å². The Morgan fingerprint density at radius 2 is 2.00 bits per heavy atom. The number of methoxy groups -OCH3 is 1. The minimum atomic E-state index is -0.615. The summed E-state index contributed by atoms with van der Waals surface area (Å²) in [6, 6.07) is 7.47. The Kier molecular flexibility index (Phi) is 5.08. The molecule has 1 aromatic carbocycles. The van der Waals surface area contributed by atoms with E-state index in [0.29, 0.717) is 17.9 Å². The number of nitrogens with zero attached hydrogens (tertiary/aromatic N) is 2. The van der Waals surface area contributed by atoms with E-state index in [1.165, 1.54) is 12.8 Å². The second-order valence-corrected chi connectivity index (χ2v) is 5.91. The first-order valence-electron chi connectivity index (χ1n) is 8.04. The highest BCUT2D eigenvalue weighted by Crippen LogP contribution is 2.34. The zero-order valence-electron chi connectivity index (χ0n) is 13.3. The fourth-order valence-corrected chi connectivity index (χ4v) is 2.96. The third-order valence-corrected chi connectivity index (χ3v) is 4.24. The highest BCUT2D eigenvalue weighted by Gasteiger charge is 2.20. The summed E-state index contributed by atoms with van der Waals surface area (Å²) in [6.07, 6.45) is 8.01. The van der Waals surface area contributed by atoms with E-state index in [9.17, 15) is 5.11 Å². The summed E-state index contributed by atoms with van der Waals surface area (Å²) < 4.78 is 11.5. The van der Waals surface area contributed by atoms with Crippen molar-refractivity contribution >= 4 is 0 Å². The molecule has 0 radical (unpaired) electrons. The predicted octanol–water partition coefficient (Wildman–Crippen LogP) is 3.08. The third-order valence-electron chi connectivity index (χ3n) is 4.24. The van der Waals surface area contributed by atoms with Gasteiger partial charge in [0, 0.05) is 12.6 Å². The van der Waals surface area contributed by atoms with Gasteiger partial charge in [0.25, 0.3) is 0 Å². The highest BCUT2D eigenvalue weighted by molar-refractivity contribution is 5.44. The van der Waals surface area contributed by atoms with Crippen LogP contribution in [0.1, 0.15) is 42.9 Å². The molecule has 122 valence electrons. The van der Waals surface area contributed by atoms with Gasteiger partial charge in [0.1, 0.15) is 0 Å². The van der Waals surface area contributed by atoms with Gasteiger partial charge in [-0.05, 0) is 55.0 Å². The molecule has 0 spiro atoms. The molecule has 5 heteroatoms. The van der Waals surface area contributed by atoms with Crippen LogP contribution in [0.2, 0.25) is 0 Å². The van der Waals surface area contributed by atoms with Gasteiger partial charge in [-0.15, -0.1) is 0 Å². The van der Waals surface area contributed by atoms with Crippen LogP contribution >= 0.6 is 0 Å². The maximum absolute atomic E-state index is 10.5. The summed E-state index contributed by atoms with van der Waals surface area (Å²) >= 11 is 0. The fraction of sp³-hybridized carbons (Fsp3) is 0.444. The van der Waals surface area contributed by atoms with Crippen LogP contribution in [-0.4, -0.2) is 28.5 Å². The van der Waals surface area contributed by atoms with Crippen LogP contribution in [0.15, 0.2) is 36.7 Å². The quantitative estimate of drug-likeness (QED) is 0.887. The van der Waals surface area contributed by atoms with E-state index < -0.39 is 6.10 Å². The zero-order valence-corrected chi connectivity index (χ0v) is 13.3. The topological polar surface area (TPSA) is 64.5 Å². The number of aliphatic hydroxyl groups is 1. The van der Waals surface area contributed by atoms with E-state index in [-0.39, 0.29) is 6.10 Å². The van der Waals surface area contributed by atoms with E-state index >= 15 is 0 Å². The normalized spacial score (nSPS) is 16.3. The van der Waals surface area contributed by atoms with Crippen LogP contribution in [0.4, 0.5) is 0 Å². The highest BCUT2D eigenvalue weighted by atomic mass is 16.5. The largest absolute Gasteiger partial charge is 0.493 e. The summed E-state index contributed by atoms with van der Waals surface area (Å²) in [6.45, 7) is 0. The van der Waals surface area contributed by atoms with Gasteiger partial charge in [-0.25, -0.2) is 0 Å². The van der Waals surface area contributed by atoms with Crippen LogP contribution in [0.25, 0.3) is 0 Å². The second-order valence-electron chi connectivity index (χ2n) is 5.91. The SMILES string of the molecule is COc1ccc(C(O)Cc2ccnnc2)cc1OC1CCCC1. The van der Waals surface area contributed by atoms with Crippen molar-refractivity contribution in [3.05, 3.63) is 47.8 Å². The Bertz CT molecular complexity index is 627. The van der Waals surface area contributed by atoms with Gasteiger partial charge in [0.05, 0.1) is 25.5 Å². The first-order chi connectivity index (χ1) is 11.3. The average molecular weight is 314 g/mol. The first kappa shape index (κ1) is 15.7. The van der Waals surface area contributed by atoms with Crippen molar-refractivity contribution in [1.82, 2.24) is 10.2 Å². The van der Waals surface area contributed by atoms with Crippen LogP contribution in [-0.2, 0) is 6.42 Å². The molecule has 0 bridgehead atoms. The number of benzene rings is 1. The molecule has 1 aliphatic carbocycles. The molecular formula is C18H22N2O3. The minimum Gasteiger partial charge on any atom is -0.493 e. The smallest absolute Gasteiger partial charge is 0.161 e. The molecule has 3 rings (SSSR count). The zero-order chi connectivity index (χ0) is 16.1. The molecule has 1 aliphatic rings. The summed E-state index contributed by atoms with van der Waals surface area (Å²) in [7, 11) is 1.63. The molecule has 1 unspecified atom stereocenters. The van der Waals surface area contributed by atoms with Gasteiger partial charge in [0.15, 0.2) is 11.5 Å². The minimum absolute atomic E-state index is 0.251. The maximum atomic E-state index is 10.5. The standard InChI is InChI=1S/C18H22N2O3/c1-22-17-7-6-14(11-18(17)23-15-4-2-3-5-15)16(21)10-13-8-9-19-20-12-13/h6-9,11-12,15-16,21H,2-5,10H2,1H3. The Balaban J connectivity index is 1.76. The van der Waals surface area contributed by atoms with Gasteiger partial charge in [-0.3, -0.25) is 0 Å². The van der Waals surface area contributed by atoms with Crippen molar-refractivity contribution in [2.45, 2.75) is 44.3 Å². The second kappa shape index (κ2) is 7.42. The molecule has 0 amide bonds. The van der Waals surface area contributed by atoms with Gasteiger partial charge in [-0.1, -0.05) is 6.07 Å². The van der Waals surface area contributed by atoms with Gasteiger partial charge in [-0.2, -0.15) is 10.2 Å². The predicted molar refractivity (Wildman–Crippen MR) is 86.6 cm³/mol. The van der Waals surface area contributed by atoms with Gasteiger partial charge >= 0.3 is 0 Å². The molecule has 1 fully saturated rings. The maximum Gasteiger partial charge on any atom is 0.161 e. The summed E-state index contributed by atoms with van der Waals surface area (Å²) in [5.41, 5.74) is 1.76. The van der Waals surface area contributed by atoms with Crippen LogP contribution in [0, 0.1) is 0 Å². The summed E-state index contributed by atoms with van der Waals surface area (Å²) in [5, 5.41) is 18.1. The summed E-state index contributed by atoms with van der Waals surface area (Å²) in [4.78, 5) is 0. The number of ether oxygens (including phenoxy) is 2. The number of hydrogen-bond acceptors (Lipinski definition) is 5. The van der Waals surface area contributed by atoms with Crippen LogP contribution in [0.5, 0.6) is 11.5 Å². The van der Waals surface area contributed by atoms with E-state index in [1.54, 1.807) is 19.5 Å². The van der Waals surface area contributed by atoms with Crippen LogP contribution in [0.3, 0.4) is 0 Å². The molecule has 1 atom stereocenters. The van der Waals surface area contributed by atoms with E-state index in [0.717, 1.165) is 24.0 Å². The monoisotopic (exact) mass is 314 g/mol. The molecule has 1 aromatic heterocycles. The lowest BCUT2D eigenvalue weighted by Crippen LogP contribution is -2.12. The molecule has 0 aliphatic heterocycles. The van der Waals surface area contributed by atoms with E-state index in [2.05, 4.69) is 10.2 Å². The van der Waals surface area contributed by atoms with Crippen molar-refractivity contribution in [3.8, 4) is 11.5 Å². The summed E-state index contributed by atoms with van der Waals surface area (Å²) in [5.74, 6) is 1.42. The van der Waals surface area contributed by atoms with Crippen LogP contribution < -0.4 is 9.47 Å². The van der Waals surface area contributed by atoms with E-state index in [1.807, 2.05) is 24.3 Å². The van der Waals surface area contributed by atoms with Crippen molar-refractivity contribution in [2.75, 3.05) is 7.11 Å². The molecule has 2 aromatic rings. The molecule has 5 nitrogen and oxygen atoms in total. The Hall–Kier alpha value is -2.14. The van der Waals surface area contributed by atoms with Crippen molar-refractivity contribution < 1.29 is 14.6 Å². The Labute approximate surface area is 136 Å². The lowest BCUT2D eigenvalue weighted by molar-refractivity contribution is 0.174. The average Bonchev–Trinajstić information content (AvgIpc) is 3.09. The first-order valence-corrected chi connectivity index (χ1v) is 8.04. The molecular weight excluding hydrogens is 292 g/mol. The Morgan fingerprint density at radius 3 is 2.70 bits per heavy atom. The molecule has 1 saturated carbocycles. The van der Waals surface area contributed by atoms with Gasteiger partial charge in [0.2, 0.25) is 0 Å². The fourth-order valence-electron chi connectivity index (χ4n) is 2.96. The Morgan fingerprint density at radius 1 is 1.17 bits per heavy atom. The molecule has 1 N–H and O–H groups in total. The van der Waals surface area contributed by atoms with E-state index in [4.69, 9.17) is 9.47 Å². The molecule has 0 saturated heterocycles. The molecule has 23 heavy (non-hydrogen) atoms.